The van der Waals surface area contributed by atoms with E-state index in [4.69, 9.17) is 4.74 Å². The summed E-state index contributed by atoms with van der Waals surface area (Å²) in [5.41, 5.74) is 2.50. The molecule has 4 heteroatoms. The number of aryl methyl sites for hydroxylation is 1. The monoisotopic (exact) mass is 279 g/mol. The van der Waals surface area contributed by atoms with Crippen molar-refractivity contribution in [3.05, 3.63) is 17.5 Å². The molecule has 0 saturated heterocycles. The third kappa shape index (κ3) is 4.60. The van der Waals surface area contributed by atoms with E-state index in [1.54, 1.807) is 0 Å². The first-order valence-corrected chi connectivity index (χ1v) is 8.03. The summed E-state index contributed by atoms with van der Waals surface area (Å²) >= 11 is 0. The van der Waals surface area contributed by atoms with Crippen molar-refractivity contribution in [3.63, 3.8) is 0 Å². The molecule has 2 rings (SSSR count). The van der Waals surface area contributed by atoms with Gasteiger partial charge in [-0.25, -0.2) is 0 Å². The molecule has 1 fully saturated rings. The van der Waals surface area contributed by atoms with E-state index in [9.17, 15) is 0 Å². The third-order valence-corrected chi connectivity index (χ3v) is 3.98. The Labute approximate surface area is 122 Å². The molecule has 0 aliphatic heterocycles. The number of hydrogen-bond donors (Lipinski definition) is 1. The molecule has 0 amide bonds. The highest BCUT2D eigenvalue weighted by Gasteiger charge is 2.18. The summed E-state index contributed by atoms with van der Waals surface area (Å²) in [4.78, 5) is 0. The number of aromatic nitrogens is 2. The highest BCUT2D eigenvalue weighted by atomic mass is 16.5. The van der Waals surface area contributed by atoms with Gasteiger partial charge in [0.25, 0.3) is 0 Å². The van der Waals surface area contributed by atoms with Crippen LogP contribution in [0, 0.1) is 6.92 Å². The third-order valence-electron chi connectivity index (χ3n) is 3.98. The lowest BCUT2D eigenvalue weighted by molar-refractivity contribution is 0.0770. The summed E-state index contributed by atoms with van der Waals surface area (Å²) in [6, 6.07) is 0.641. The molecule has 1 saturated carbocycles. The first-order valence-electron chi connectivity index (χ1n) is 8.03. The molecule has 0 atom stereocenters. The average molecular weight is 279 g/mol. The number of ether oxygens (including phenoxy) is 1. The Hall–Kier alpha value is -0.870. The highest BCUT2D eigenvalue weighted by Crippen LogP contribution is 2.29. The fourth-order valence-electron chi connectivity index (χ4n) is 2.79. The van der Waals surface area contributed by atoms with Crippen LogP contribution in [-0.4, -0.2) is 29.0 Å². The van der Waals surface area contributed by atoms with Gasteiger partial charge >= 0.3 is 0 Å². The minimum Gasteiger partial charge on any atom is -0.379 e. The Kier molecular flexibility index (Phi) is 6.05. The summed E-state index contributed by atoms with van der Waals surface area (Å²) in [6.45, 7) is 9.03. The molecule has 1 aromatic rings. The van der Waals surface area contributed by atoms with E-state index in [0.29, 0.717) is 12.1 Å². The summed E-state index contributed by atoms with van der Waals surface area (Å²) in [5, 5.41) is 8.17. The van der Waals surface area contributed by atoms with Crippen LogP contribution in [0.4, 0.5) is 0 Å². The van der Waals surface area contributed by atoms with Crippen molar-refractivity contribution in [1.29, 1.82) is 0 Å². The van der Waals surface area contributed by atoms with Crippen molar-refractivity contribution < 1.29 is 4.74 Å². The molecule has 20 heavy (non-hydrogen) atoms. The van der Waals surface area contributed by atoms with Gasteiger partial charge in [-0.15, -0.1) is 0 Å². The fourth-order valence-corrected chi connectivity index (χ4v) is 2.79. The Morgan fingerprint density at radius 1 is 1.40 bits per heavy atom. The predicted octanol–water partition coefficient (Wildman–Crippen LogP) is 3.21. The largest absolute Gasteiger partial charge is 0.379 e. The molecule has 0 aromatic carbocycles. The predicted molar refractivity (Wildman–Crippen MR) is 81.9 cm³/mol. The molecule has 1 N–H and O–H groups in total. The van der Waals surface area contributed by atoms with E-state index in [0.717, 1.165) is 26.1 Å². The van der Waals surface area contributed by atoms with E-state index >= 15 is 0 Å². The first-order chi connectivity index (χ1) is 9.66. The molecule has 114 valence electrons. The minimum atomic E-state index is 0.335. The van der Waals surface area contributed by atoms with Gasteiger partial charge in [0, 0.05) is 24.9 Å². The molecule has 4 nitrogen and oxygen atoms in total. The van der Waals surface area contributed by atoms with Gasteiger partial charge in [0.1, 0.15) is 0 Å². The van der Waals surface area contributed by atoms with Crippen molar-refractivity contribution in [2.45, 2.75) is 71.6 Å². The zero-order valence-electron chi connectivity index (χ0n) is 13.2. The Balaban J connectivity index is 1.70. The van der Waals surface area contributed by atoms with Crippen LogP contribution >= 0.6 is 0 Å². The maximum Gasteiger partial charge on any atom is 0.0638 e. The molecule has 0 spiro atoms. The van der Waals surface area contributed by atoms with Gasteiger partial charge in [-0.05, 0) is 46.6 Å². The Morgan fingerprint density at radius 3 is 2.85 bits per heavy atom. The second kappa shape index (κ2) is 7.79. The van der Waals surface area contributed by atoms with Gasteiger partial charge in [0.05, 0.1) is 17.8 Å². The van der Waals surface area contributed by atoms with E-state index < -0.39 is 0 Å². The SMILES string of the molecule is Cc1nn(C2CCCC2)cc1CNCCCOC(C)C. The lowest BCUT2D eigenvalue weighted by Crippen LogP contribution is -2.17. The van der Waals surface area contributed by atoms with Crippen molar-refractivity contribution in [2.24, 2.45) is 0 Å². The van der Waals surface area contributed by atoms with Crippen molar-refractivity contribution in [2.75, 3.05) is 13.2 Å². The summed E-state index contributed by atoms with van der Waals surface area (Å²) in [6.07, 6.45) is 8.93. The van der Waals surface area contributed by atoms with Crippen LogP contribution in [0.15, 0.2) is 6.20 Å². The first kappa shape index (κ1) is 15.5. The van der Waals surface area contributed by atoms with Crippen molar-refractivity contribution in [1.82, 2.24) is 15.1 Å². The fraction of sp³-hybridized carbons (Fsp3) is 0.812. The second-order valence-corrected chi connectivity index (χ2v) is 6.11. The number of nitrogens with zero attached hydrogens (tertiary/aromatic N) is 2. The normalized spacial score (nSPS) is 16.4. The summed E-state index contributed by atoms with van der Waals surface area (Å²) in [5.74, 6) is 0. The minimum absolute atomic E-state index is 0.335. The molecule has 1 aromatic heterocycles. The summed E-state index contributed by atoms with van der Waals surface area (Å²) < 4.78 is 7.73. The van der Waals surface area contributed by atoms with Gasteiger partial charge < -0.3 is 10.1 Å². The Bertz CT molecular complexity index is 394. The van der Waals surface area contributed by atoms with Crippen molar-refractivity contribution >= 4 is 0 Å². The van der Waals surface area contributed by atoms with Crippen LogP contribution in [0.3, 0.4) is 0 Å². The standard InChI is InChI=1S/C16H29N3O/c1-13(2)20-10-6-9-17-11-15-12-19(18-14(15)3)16-7-4-5-8-16/h12-13,16-17H,4-11H2,1-3H3. The molecular weight excluding hydrogens is 250 g/mol. The van der Waals surface area contributed by atoms with E-state index in [-0.39, 0.29) is 0 Å². The van der Waals surface area contributed by atoms with Crippen LogP contribution in [0.1, 0.15) is 63.3 Å². The molecule has 0 bridgehead atoms. The van der Waals surface area contributed by atoms with E-state index in [1.165, 1.54) is 36.9 Å². The zero-order chi connectivity index (χ0) is 14.4. The van der Waals surface area contributed by atoms with Crippen LogP contribution in [0.5, 0.6) is 0 Å². The van der Waals surface area contributed by atoms with Gasteiger partial charge in [-0.3, -0.25) is 4.68 Å². The van der Waals surface area contributed by atoms with Crippen LogP contribution in [-0.2, 0) is 11.3 Å². The molecule has 0 radical (unpaired) electrons. The molecule has 1 heterocycles. The molecule has 1 aliphatic carbocycles. The quantitative estimate of drug-likeness (QED) is 0.743. The number of rotatable bonds is 8. The molecular formula is C16H29N3O. The van der Waals surface area contributed by atoms with Gasteiger partial charge in [0.2, 0.25) is 0 Å². The number of hydrogen-bond acceptors (Lipinski definition) is 3. The van der Waals surface area contributed by atoms with Gasteiger partial charge in [-0.1, -0.05) is 12.8 Å². The smallest absolute Gasteiger partial charge is 0.0638 e. The maximum absolute atomic E-state index is 5.53. The molecule has 1 aliphatic rings. The van der Waals surface area contributed by atoms with E-state index in [2.05, 4.69) is 42.1 Å². The Morgan fingerprint density at radius 2 is 2.15 bits per heavy atom. The van der Waals surface area contributed by atoms with Crippen LogP contribution < -0.4 is 5.32 Å². The van der Waals surface area contributed by atoms with Crippen LogP contribution in [0.25, 0.3) is 0 Å². The van der Waals surface area contributed by atoms with Gasteiger partial charge in [-0.2, -0.15) is 5.10 Å². The summed E-state index contributed by atoms with van der Waals surface area (Å²) in [7, 11) is 0. The van der Waals surface area contributed by atoms with Crippen LogP contribution in [0.2, 0.25) is 0 Å². The maximum atomic E-state index is 5.53. The second-order valence-electron chi connectivity index (χ2n) is 6.11. The average Bonchev–Trinajstić information content (AvgIpc) is 3.03. The van der Waals surface area contributed by atoms with Crippen molar-refractivity contribution in [3.8, 4) is 0 Å². The zero-order valence-corrected chi connectivity index (χ0v) is 13.2. The molecule has 0 unspecified atom stereocenters. The highest BCUT2D eigenvalue weighted by molar-refractivity contribution is 5.15. The number of nitrogens with one attached hydrogen (secondary N) is 1. The lowest BCUT2D eigenvalue weighted by Gasteiger charge is -2.09. The topological polar surface area (TPSA) is 39.1 Å². The van der Waals surface area contributed by atoms with Gasteiger partial charge in [0.15, 0.2) is 0 Å². The van der Waals surface area contributed by atoms with E-state index in [1.807, 2.05) is 0 Å². The lowest BCUT2D eigenvalue weighted by atomic mass is 10.2.